The van der Waals surface area contributed by atoms with Gasteiger partial charge in [-0.15, -0.1) is 0 Å². The molecule has 3 atom stereocenters. The van der Waals surface area contributed by atoms with E-state index in [4.69, 9.17) is 4.99 Å². The topological polar surface area (TPSA) is 15.6 Å². The van der Waals surface area contributed by atoms with E-state index in [0.29, 0.717) is 5.41 Å². The predicted octanol–water partition coefficient (Wildman–Crippen LogP) is 4.46. The molecular weight excluding hydrogens is 268 g/mol. The average molecular weight is 294 g/mol. The fourth-order valence-electron chi connectivity index (χ4n) is 6.86. The second-order valence-corrected chi connectivity index (χ2v) is 8.03. The molecule has 1 aromatic carbocycles. The van der Waals surface area contributed by atoms with Crippen molar-refractivity contribution >= 4 is 11.4 Å². The number of para-hydroxylation sites is 1. The minimum Gasteiger partial charge on any atom is -0.296 e. The number of rotatable bonds is 1. The highest BCUT2D eigenvalue weighted by Crippen LogP contribution is 2.68. The Morgan fingerprint density at radius 2 is 2.00 bits per heavy atom. The molecule has 116 valence electrons. The molecule has 3 aliphatic heterocycles. The Morgan fingerprint density at radius 3 is 2.86 bits per heavy atom. The number of piperidine rings is 1. The van der Waals surface area contributed by atoms with Gasteiger partial charge in [0.05, 0.1) is 11.1 Å². The molecule has 1 saturated carbocycles. The van der Waals surface area contributed by atoms with E-state index in [1.807, 2.05) is 0 Å². The lowest BCUT2D eigenvalue weighted by molar-refractivity contribution is -0.0743. The van der Waals surface area contributed by atoms with E-state index in [1.54, 1.807) is 0 Å². The van der Waals surface area contributed by atoms with Crippen molar-refractivity contribution in [3.05, 3.63) is 29.8 Å². The standard InChI is InChI=1S/C20H26N2/c1-3-19-10-6-13-22-14-12-20(18(19,22)2)15-7-4-5-8-16(15)21-17(20)9-11-19/h4-5,7-8H,3,6,9-14H2,1-2H3. The summed E-state index contributed by atoms with van der Waals surface area (Å²) < 4.78 is 0. The van der Waals surface area contributed by atoms with Crippen LogP contribution >= 0.6 is 0 Å². The van der Waals surface area contributed by atoms with Gasteiger partial charge in [0, 0.05) is 17.8 Å². The van der Waals surface area contributed by atoms with Gasteiger partial charge in [-0.2, -0.15) is 0 Å². The van der Waals surface area contributed by atoms with Crippen LogP contribution in [0.1, 0.15) is 57.9 Å². The van der Waals surface area contributed by atoms with E-state index in [2.05, 4.69) is 43.0 Å². The first-order valence-electron chi connectivity index (χ1n) is 9.11. The summed E-state index contributed by atoms with van der Waals surface area (Å²) in [5.74, 6) is 0. The number of fused-ring (bicyclic) bond motifs is 1. The maximum atomic E-state index is 5.13. The number of hydrogen-bond donors (Lipinski definition) is 0. The number of benzene rings is 1. The summed E-state index contributed by atoms with van der Waals surface area (Å²) in [4.78, 5) is 7.98. The van der Waals surface area contributed by atoms with Crippen LogP contribution in [-0.2, 0) is 5.41 Å². The van der Waals surface area contributed by atoms with E-state index in [0.717, 1.165) is 0 Å². The summed E-state index contributed by atoms with van der Waals surface area (Å²) in [6.45, 7) is 7.57. The molecule has 0 bridgehead atoms. The lowest BCUT2D eigenvalue weighted by Gasteiger charge is -2.64. The van der Waals surface area contributed by atoms with E-state index in [-0.39, 0.29) is 11.0 Å². The summed E-state index contributed by atoms with van der Waals surface area (Å²) >= 11 is 0. The number of nitrogens with zero attached hydrogens (tertiary/aromatic N) is 2. The smallest absolute Gasteiger partial charge is 0.0671 e. The molecule has 0 amide bonds. The zero-order valence-electron chi connectivity index (χ0n) is 13.9. The van der Waals surface area contributed by atoms with Gasteiger partial charge in [-0.3, -0.25) is 9.89 Å². The third-order valence-corrected chi connectivity index (χ3v) is 7.97. The van der Waals surface area contributed by atoms with Crippen LogP contribution in [0.15, 0.2) is 29.3 Å². The van der Waals surface area contributed by atoms with Crippen LogP contribution in [0.4, 0.5) is 5.69 Å². The molecule has 2 heteroatoms. The fraction of sp³-hybridized carbons (Fsp3) is 0.650. The van der Waals surface area contributed by atoms with Gasteiger partial charge in [0.15, 0.2) is 0 Å². The van der Waals surface area contributed by atoms with Crippen LogP contribution in [0.2, 0.25) is 0 Å². The zero-order chi connectivity index (χ0) is 15.0. The predicted molar refractivity (Wildman–Crippen MR) is 91.0 cm³/mol. The molecule has 2 saturated heterocycles. The second kappa shape index (κ2) is 4.03. The van der Waals surface area contributed by atoms with Crippen LogP contribution in [-0.4, -0.2) is 29.2 Å². The van der Waals surface area contributed by atoms with Crippen LogP contribution in [0.3, 0.4) is 0 Å². The molecule has 3 heterocycles. The van der Waals surface area contributed by atoms with Gasteiger partial charge >= 0.3 is 0 Å². The van der Waals surface area contributed by atoms with Crippen LogP contribution in [0.5, 0.6) is 0 Å². The first-order valence-corrected chi connectivity index (χ1v) is 9.11. The van der Waals surface area contributed by atoms with E-state index >= 15 is 0 Å². The highest BCUT2D eigenvalue weighted by Gasteiger charge is 2.71. The van der Waals surface area contributed by atoms with Gasteiger partial charge in [0.1, 0.15) is 0 Å². The molecular formula is C20H26N2. The van der Waals surface area contributed by atoms with Crippen molar-refractivity contribution in [1.82, 2.24) is 4.90 Å². The highest BCUT2D eigenvalue weighted by atomic mass is 15.3. The van der Waals surface area contributed by atoms with Crippen LogP contribution in [0, 0.1) is 5.41 Å². The van der Waals surface area contributed by atoms with Crippen molar-refractivity contribution in [3.8, 4) is 0 Å². The van der Waals surface area contributed by atoms with Gasteiger partial charge in [-0.1, -0.05) is 25.1 Å². The van der Waals surface area contributed by atoms with Crippen molar-refractivity contribution in [2.75, 3.05) is 13.1 Å². The molecule has 0 radical (unpaired) electrons. The number of aliphatic imine (C=N–C) groups is 1. The van der Waals surface area contributed by atoms with Crippen molar-refractivity contribution in [3.63, 3.8) is 0 Å². The molecule has 0 aromatic heterocycles. The van der Waals surface area contributed by atoms with Crippen molar-refractivity contribution in [2.45, 2.75) is 63.3 Å². The van der Waals surface area contributed by atoms with Gasteiger partial charge in [-0.25, -0.2) is 0 Å². The Morgan fingerprint density at radius 1 is 1.14 bits per heavy atom. The number of hydrogen-bond acceptors (Lipinski definition) is 2. The monoisotopic (exact) mass is 294 g/mol. The minimum atomic E-state index is 0.207. The maximum absolute atomic E-state index is 5.13. The molecule has 1 aliphatic carbocycles. The molecule has 2 nitrogen and oxygen atoms in total. The molecule has 3 fully saturated rings. The minimum absolute atomic E-state index is 0.207. The summed E-state index contributed by atoms with van der Waals surface area (Å²) in [5, 5.41) is 0. The van der Waals surface area contributed by atoms with Gasteiger partial charge in [0.25, 0.3) is 0 Å². The van der Waals surface area contributed by atoms with Crippen molar-refractivity contribution in [1.29, 1.82) is 0 Å². The Bertz CT molecular complexity index is 678. The van der Waals surface area contributed by atoms with Gasteiger partial charge < -0.3 is 0 Å². The maximum Gasteiger partial charge on any atom is 0.0671 e. The summed E-state index contributed by atoms with van der Waals surface area (Å²) in [6.07, 6.45) is 7.94. The lowest BCUT2D eigenvalue weighted by atomic mass is 9.46. The molecule has 4 aliphatic rings. The van der Waals surface area contributed by atoms with Crippen LogP contribution in [0.25, 0.3) is 0 Å². The fourth-order valence-corrected chi connectivity index (χ4v) is 6.86. The SMILES string of the molecule is CCC12CCCN3CCC4(C(=Nc5ccccc54)CC1)C32C. The Kier molecular flexibility index (Phi) is 2.44. The largest absolute Gasteiger partial charge is 0.296 e. The van der Waals surface area contributed by atoms with E-state index < -0.39 is 0 Å². The van der Waals surface area contributed by atoms with Crippen molar-refractivity contribution < 1.29 is 0 Å². The zero-order valence-corrected chi connectivity index (χ0v) is 13.9. The van der Waals surface area contributed by atoms with Gasteiger partial charge in [-0.05, 0) is 69.0 Å². The summed E-state index contributed by atoms with van der Waals surface area (Å²) in [5.41, 5.74) is 5.27. The van der Waals surface area contributed by atoms with E-state index in [9.17, 15) is 0 Å². The Balaban J connectivity index is 1.81. The van der Waals surface area contributed by atoms with Gasteiger partial charge in [0.2, 0.25) is 0 Å². The normalized spacial score (nSPS) is 42.5. The first kappa shape index (κ1) is 13.3. The molecule has 1 spiro atoms. The Labute approximate surface area is 133 Å². The first-order chi connectivity index (χ1) is 10.7. The quantitative estimate of drug-likeness (QED) is 0.746. The molecule has 5 rings (SSSR count). The second-order valence-electron chi connectivity index (χ2n) is 8.03. The summed E-state index contributed by atoms with van der Waals surface area (Å²) in [6, 6.07) is 8.99. The lowest BCUT2D eigenvalue weighted by Crippen LogP contribution is -2.70. The third kappa shape index (κ3) is 1.16. The molecule has 0 N–H and O–H groups in total. The summed E-state index contributed by atoms with van der Waals surface area (Å²) in [7, 11) is 0. The highest BCUT2D eigenvalue weighted by molar-refractivity contribution is 6.04. The van der Waals surface area contributed by atoms with E-state index in [1.165, 1.54) is 68.6 Å². The molecule has 1 aromatic rings. The Hall–Kier alpha value is -1.15. The van der Waals surface area contributed by atoms with Crippen LogP contribution < -0.4 is 0 Å². The van der Waals surface area contributed by atoms with Crippen molar-refractivity contribution in [2.24, 2.45) is 10.4 Å². The molecule has 3 unspecified atom stereocenters. The average Bonchev–Trinajstić information content (AvgIpc) is 3.04. The third-order valence-electron chi connectivity index (χ3n) is 7.97. The molecule has 22 heavy (non-hydrogen) atoms.